The molecule has 0 fully saturated rings. The first kappa shape index (κ1) is 16.6. The molecule has 0 amide bonds. The quantitative estimate of drug-likeness (QED) is 0.582. The number of methoxy groups -OCH3 is 1. The lowest BCUT2D eigenvalue weighted by atomic mass is 10.1. The van der Waals surface area contributed by atoms with Crippen molar-refractivity contribution in [3.63, 3.8) is 0 Å². The minimum absolute atomic E-state index is 0.897. The highest BCUT2D eigenvalue weighted by Gasteiger charge is 2.11. The normalized spacial score (nSPS) is 11.1. The number of hydrogen-bond acceptors (Lipinski definition) is 2. The Balaban J connectivity index is 1.82. The first-order valence-corrected chi connectivity index (χ1v) is 8.89. The summed E-state index contributed by atoms with van der Waals surface area (Å²) < 4.78 is 7.79. The van der Waals surface area contributed by atoms with Crippen LogP contribution in [0.15, 0.2) is 48.5 Å². The second kappa shape index (κ2) is 8.00. The van der Waals surface area contributed by atoms with Gasteiger partial charge in [-0.15, -0.1) is 0 Å². The second-order valence-electron chi connectivity index (χ2n) is 6.23. The summed E-state index contributed by atoms with van der Waals surface area (Å²) in [5.41, 5.74) is 3.66. The molecule has 0 radical (unpaired) electrons. The summed E-state index contributed by atoms with van der Waals surface area (Å²) in [5, 5.41) is 0. The summed E-state index contributed by atoms with van der Waals surface area (Å²) >= 11 is 0. The van der Waals surface area contributed by atoms with Gasteiger partial charge in [-0.1, -0.05) is 43.7 Å². The van der Waals surface area contributed by atoms with Crippen molar-refractivity contribution in [2.75, 3.05) is 7.11 Å². The van der Waals surface area contributed by atoms with Crippen LogP contribution in [0.25, 0.3) is 11.0 Å². The van der Waals surface area contributed by atoms with Crippen molar-refractivity contribution in [3.8, 4) is 5.75 Å². The molecule has 24 heavy (non-hydrogen) atoms. The number of nitrogens with zero attached hydrogens (tertiary/aromatic N) is 2. The van der Waals surface area contributed by atoms with E-state index in [0.717, 1.165) is 37.1 Å². The molecule has 0 aliphatic carbocycles. The second-order valence-corrected chi connectivity index (χ2v) is 6.23. The Hall–Kier alpha value is -2.29. The lowest BCUT2D eigenvalue weighted by molar-refractivity contribution is 0.415. The van der Waals surface area contributed by atoms with Crippen molar-refractivity contribution in [1.29, 1.82) is 0 Å². The fraction of sp³-hybridized carbons (Fsp3) is 0.381. The number of ether oxygens (including phenoxy) is 1. The highest BCUT2D eigenvalue weighted by molar-refractivity contribution is 5.77. The van der Waals surface area contributed by atoms with Gasteiger partial charge in [0, 0.05) is 19.0 Å². The summed E-state index contributed by atoms with van der Waals surface area (Å²) in [6.07, 6.45) is 5.62. The Kier molecular flexibility index (Phi) is 5.52. The van der Waals surface area contributed by atoms with E-state index in [2.05, 4.69) is 54.0 Å². The Morgan fingerprint density at radius 1 is 1.00 bits per heavy atom. The highest BCUT2D eigenvalue weighted by Crippen LogP contribution is 2.23. The van der Waals surface area contributed by atoms with Crippen molar-refractivity contribution in [2.24, 2.45) is 0 Å². The van der Waals surface area contributed by atoms with Crippen LogP contribution in [0, 0.1) is 0 Å². The van der Waals surface area contributed by atoms with E-state index in [0.29, 0.717) is 0 Å². The smallest absolute Gasteiger partial charge is 0.121 e. The number of fused-ring (bicyclic) bond motifs is 1. The van der Waals surface area contributed by atoms with Gasteiger partial charge in [0.15, 0.2) is 0 Å². The first-order chi connectivity index (χ1) is 11.8. The maximum absolute atomic E-state index is 5.40. The van der Waals surface area contributed by atoms with E-state index < -0.39 is 0 Å². The number of aromatic nitrogens is 2. The maximum atomic E-state index is 5.40. The van der Waals surface area contributed by atoms with Crippen molar-refractivity contribution in [3.05, 3.63) is 59.9 Å². The van der Waals surface area contributed by atoms with E-state index in [4.69, 9.17) is 9.72 Å². The molecule has 0 unspecified atom stereocenters. The topological polar surface area (TPSA) is 27.1 Å². The zero-order chi connectivity index (χ0) is 16.8. The summed E-state index contributed by atoms with van der Waals surface area (Å²) in [6.45, 7) is 3.23. The molecule has 0 bridgehead atoms. The lowest BCUT2D eigenvalue weighted by Gasteiger charge is -2.10. The van der Waals surface area contributed by atoms with Crippen molar-refractivity contribution in [1.82, 2.24) is 9.55 Å². The summed E-state index contributed by atoms with van der Waals surface area (Å²) in [5.74, 6) is 2.10. The van der Waals surface area contributed by atoms with E-state index in [1.165, 1.54) is 29.7 Å². The fourth-order valence-corrected chi connectivity index (χ4v) is 3.14. The first-order valence-electron chi connectivity index (χ1n) is 8.89. The lowest BCUT2D eigenvalue weighted by Crippen LogP contribution is -2.05. The van der Waals surface area contributed by atoms with Gasteiger partial charge in [0.05, 0.1) is 18.1 Å². The molecule has 1 aromatic heterocycles. The van der Waals surface area contributed by atoms with Crippen LogP contribution in [0.5, 0.6) is 5.75 Å². The molecule has 0 N–H and O–H groups in total. The molecular formula is C21H26N2O. The number of unbranched alkanes of at least 4 members (excludes halogenated alkanes) is 1. The van der Waals surface area contributed by atoms with Crippen LogP contribution in [-0.2, 0) is 19.4 Å². The van der Waals surface area contributed by atoms with Crippen molar-refractivity contribution < 1.29 is 4.74 Å². The molecule has 1 heterocycles. The Morgan fingerprint density at radius 3 is 2.58 bits per heavy atom. The van der Waals surface area contributed by atoms with Gasteiger partial charge in [-0.05, 0) is 37.0 Å². The van der Waals surface area contributed by atoms with Crippen LogP contribution in [0.2, 0.25) is 0 Å². The van der Waals surface area contributed by atoms with Gasteiger partial charge in [-0.3, -0.25) is 0 Å². The number of hydrogen-bond donors (Lipinski definition) is 0. The van der Waals surface area contributed by atoms with Gasteiger partial charge < -0.3 is 9.30 Å². The summed E-state index contributed by atoms with van der Waals surface area (Å²) in [6, 6.07) is 16.9. The average Bonchev–Trinajstić information content (AvgIpc) is 2.97. The molecule has 3 heteroatoms. The van der Waals surface area contributed by atoms with Crippen LogP contribution in [-0.4, -0.2) is 16.7 Å². The molecule has 3 aromatic rings. The monoisotopic (exact) mass is 322 g/mol. The van der Waals surface area contributed by atoms with E-state index in [1.54, 1.807) is 7.11 Å². The minimum Gasteiger partial charge on any atom is -0.497 e. The standard InChI is InChI=1S/C21H26N2O/c1-3-4-12-21-22-19-14-13-18(24-2)16-20(19)23(21)15-8-11-17-9-6-5-7-10-17/h5-7,9-10,13-14,16H,3-4,8,11-12,15H2,1-2H3. The molecule has 0 atom stereocenters. The van der Waals surface area contributed by atoms with Crippen LogP contribution in [0.3, 0.4) is 0 Å². The Bertz CT molecular complexity index is 777. The number of rotatable bonds is 8. The number of benzene rings is 2. The van der Waals surface area contributed by atoms with E-state index in [1.807, 2.05) is 6.07 Å². The molecule has 3 rings (SSSR count). The van der Waals surface area contributed by atoms with Gasteiger partial charge in [-0.2, -0.15) is 0 Å². The molecule has 3 nitrogen and oxygen atoms in total. The molecule has 0 saturated heterocycles. The van der Waals surface area contributed by atoms with Crippen molar-refractivity contribution >= 4 is 11.0 Å². The third-order valence-corrected chi connectivity index (χ3v) is 4.48. The molecule has 0 aliphatic heterocycles. The molecule has 2 aromatic carbocycles. The van der Waals surface area contributed by atoms with Gasteiger partial charge >= 0.3 is 0 Å². The van der Waals surface area contributed by atoms with Gasteiger partial charge in [0.1, 0.15) is 11.6 Å². The molecular weight excluding hydrogens is 296 g/mol. The fourth-order valence-electron chi connectivity index (χ4n) is 3.14. The maximum Gasteiger partial charge on any atom is 0.121 e. The zero-order valence-corrected chi connectivity index (χ0v) is 14.7. The highest BCUT2D eigenvalue weighted by atomic mass is 16.5. The molecule has 0 spiro atoms. The van der Waals surface area contributed by atoms with Gasteiger partial charge in [0.25, 0.3) is 0 Å². The van der Waals surface area contributed by atoms with Crippen LogP contribution >= 0.6 is 0 Å². The molecule has 0 saturated carbocycles. The molecule has 0 aliphatic rings. The Labute approximate surface area is 144 Å². The SMILES string of the molecule is CCCCc1nc2ccc(OC)cc2n1CCCc1ccccc1. The third kappa shape index (κ3) is 3.78. The molecule has 126 valence electrons. The van der Waals surface area contributed by atoms with Crippen LogP contribution in [0.4, 0.5) is 0 Å². The average molecular weight is 322 g/mol. The van der Waals surface area contributed by atoms with Gasteiger partial charge in [-0.25, -0.2) is 4.98 Å². The number of imidazole rings is 1. The van der Waals surface area contributed by atoms with Crippen molar-refractivity contribution in [2.45, 2.75) is 45.6 Å². The third-order valence-electron chi connectivity index (χ3n) is 4.48. The van der Waals surface area contributed by atoms with Crippen LogP contribution in [0.1, 0.15) is 37.6 Å². The Morgan fingerprint density at radius 2 is 1.83 bits per heavy atom. The van der Waals surface area contributed by atoms with Gasteiger partial charge in [0.2, 0.25) is 0 Å². The van der Waals surface area contributed by atoms with E-state index in [-0.39, 0.29) is 0 Å². The summed E-state index contributed by atoms with van der Waals surface area (Å²) in [4.78, 5) is 4.86. The predicted molar refractivity (Wildman–Crippen MR) is 99.7 cm³/mol. The zero-order valence-electron chi connectivity index (χ0n) is 14.7. The largest absolute Gasteiger partial charge is 0.497 e. The summed E-state index contributed by atoms with van der Waals surface area (Å²) in [7, 11) is 1.72. The van der Waals surface area contributed by atoms with E-state index >= 15 is 0 Å². The number of aryl methyl sites for hydroxylation is 3. The predicted octanol–water partition coefficient (Wildman–Crippen LogP) is 5.02. The van der Waals surface area contributed by atoms with Crippen LogP contribution < -0.4 is 4.74 Å². The minimum atomic E-state index is 0.897. The van der Waals surface area contributed by atoms with E-state index in [9.17, 15) is 0 Å².